The number of carbonyl (C=O) groups is 1. The molecule has 0 amide bonds. The highest BCUT2D eigenvalue weighted by molar-refractivity contribution is 7.90. The molecule has 0 unspecified atom stereocenters. The molecule has 0 saturated carbocycles. The lowest BCUT2D eigenvalue weighted by molar-refractivity contribution is -0.116. The number of carbonyl (C=O) groups excluding carboxylic acids is 1. The number of hydrogen-bond acceptors (Lipinski definition) is 4. The highest BCUT2D eigenvalue weighted by Gasteiger charge is 2.15. The van der Waals surface area contributed by atoms with Crippen LogP contribution in [0.25, 0.3) is 0 Å². The molecule has 1 aromatic carbocycles. The Bertz CT molecular complexity index is 503. The van der Waals surface area contributed by atoms with Gasteiger partial charge in [-0.25, -0.2) is 8.42 Å². The van der Waals surface area contributed by atoms with Crippen LogP contribution in [0.4, 0.5) is 0 Å². The van der Waals surface area contributed by atoms with E-state index in [0.29, 0.717) is 11.3 Å². The Morgan fingerprint density at radius 1 is 1.38 bits per heavy atom. The van der Waals surface area contributed by atoms with Crippen LogP contribution in [0.15, 0.2) is 23.1 Å². The van der Waals surface area contributed by atoms with Crippen molar-refractivity contribution in [2.75, 3.05) is 13.4 Å². The zero-order chi connectivity index (χ0) is 12.3. The summed E-state index contributed by atoms with van der Waals surface area (Å²) in [6.07, 6.45) is 1.23. The van der Waals surface area contributed by atoms with E-state index in [-0.39, 0.29) is 17.1 Å². The molecule has 1 aromatic rings. The van der Waals surface area contributed by atoms with Crippen LogP contribution in [0, 0.1) is 0 Å². The van der Waals surface area contributed by atoms with E-state index in [4.69, 9.17) is 4.74 Å². The Kier molecular flexibility index (Phi) is 3.70. The van der Waals surface area contributed by atoms with E-state index in [1.165, 1.54) is 20.1 Å². The summed E-state index contributed by atoms with van der Waals surface area (Å²) in [4.78, 5) is 11.2. The smallest absolute Gasteiger partial charge is 0.175 e. The number of rotatable bonds is 4. The topological polar surface area (TPSA) is 60.4 Å². The van der Waals surface area contributed by atoms with Crippen molar-refractivity contribution < 1.29 is 17.9 Å². The molecular formula is C11H14O4S. The van der Waals surface area contributed by atoms with Crippen LogP contribution >= 0.6 is 0 Å². The molecule has 16 heavy (non-hydrogen) atoms. The molecule has 0 aromatic heterocycles. The number of sulfone groups is 1. The van der Waals surface area contributed by atoms with Crippen LogP contribution in [0.2, 0.25) is 0 Å². The predicted octanol–water partition coefficient (Wildman–Crippen LogP) is 1.23. The number of ether oxygens (including phenoxy) is 1. The molecule has 0 aliphatic carbocycles. The van der Waals surface area contributed by atoms with Gasteiger partial charge >= 0.3 is 0 Å². The summed E-state index contributed by atoms with van der Waals surface area (Å²) in [6, 6.07) is 4.69. The van der Waals surface area contributed by atoms with Gasteiger partial charge in [0.15, 0.2) is 9.84 Å². The second-order valence-corrected chi connectivity index (χ2v) is 5.61. The van der Waals surface area contributed by atoms with E-state index in [9.17, 15) is 13.2 Å². The Hall–Kier alpha value is -1.36. The first-order valence-electron chi connectivity index (χ1n) is 4.71. The number of ketones is 1. The number of methoxy groups -OCH3 is 1. The minimum absolute atomic E-state index is 0.0740. The first-order chi connectivity index (χ1) is 7.34. The van der Waals surface area contributed by atoms with Gasteiger partial charge in [0, 0.05) is 12.7 Å². The molecule has 0 saturated heterocycles. The molecule has 0 N–H and O–H groups in total. The van der Waals surface area contributed by atoms with Crippen LogP contribution in [-0.4, -0.2) is 27.6 Å². The lowest BCUT2D eigenvalue weighted by Gasteiger charge is -2.08. The molecule has 5 heteroatoms. The van der Waals surface area contributed by atoms with Gasteiger partial charge in [-0.2, -0.15) is 0 Å². The monoisotopic (exact) mass is 242 g/mol. The molecule has 0 heterocycles. The average molecular weight is 242 g/mol. The zero-order valence-corrected chi connectivity index (χ0v) is 10.3. The van der Waals surface area contributed by atoms with E-state index in [1.807, 2.05) is 0 Å². The summed E-state index contributed by atoms with van der Waals surface area (Å²) < 4.78 is 28.0. The second kappa shape index (κ2) is 4.65. The van der Waals surface area contributed by atoms with Gasteiger partial charge in [0.05, 0.1) is 12.0 Å². The number of hydrogen-bond donors (Lipinski definition) is 0. The fourth-order valence-corrected chi connectivity index (χ4v) is 2.37. The van der Waals surface area contributed by atoms with E-state index >= 15 is 0 Å². The standard InChI is InChI=1S/C11H14O4S/c1-8(12)6-9-4-5-10(15-2)7-11(9)16(3,13)14/h4-5,7H,6H2,1-3H3. The highest BCUT2D eigenvalue weighted by Crippen LogP contribution is 2.22. The molecule has 0 bridgehead atoms. The van der Waals surface area contributed by atoms with Crippen molar-refractivity contribution >= 4 is 15.6 Å². The molecular weight excluding hydrogens is 228 g/mol. The largest absolute Gasteiger partial charge is 0.497 e. The summed E-state index contributed by atoms with van der Waals surface area (Å²) in [5.41, 5.74) is 0.510. The highest BCUT2D eigenvalue weighted by atomic mass is 32.2. The summed E-state index contributed by atoms with van der Waals surface area (Å²) >= 11 is 0. The third kappa shape index (κ3) is 3.06. The molecule has 1 rings (SSSR count). The third-order valence-corrected chi connectivity index (χ3v) is 3.29. The van der Waals surface area contributed by atoms with Crippen molar-refractivity contribution in [3.8, 4) is 5.75 Å². The summed E-state index contributed by atoms with van der Waals surface area (Å²) in [6.45, 7) is 1.43. The molecule has 0 spiro atoms. The zero-order valence-electron chi connectivity index (χ0n) is 9.48. The van der Waals surface area contributed by atoms with E-state index < -0.39 is 9.84 Å². The summed E-state index contributed by atoms with van der Waals surface area (Å²) in [5.74, 6) is 0.391. The first-order valence-corrected chi connectivity index (χ1v) is 6.60. The molecule has 0 fully saturated rings. The Balaban J connectivity index is 3.33. The van der Waals surface area contributed by atoms with Crippen LogP contribution in [-0.2, 0) is 21.1 Å². The molecule has 88 valence electrons. The third-order valence-electron chi connectivity index (χ3n) is 2.11. The summed E-state index contributed by atoms with van der Waals surface area (Å²) in [5, 5.41) is 0. The van der Waals surface area contributed by atoms with Crippen molar-refractivity contribution in [1.29, 1.82) is 0 Å². The molecule has 0 radical (unpaired) electrons. The maximum Gasteiger partial charge on any atom is 0.175 e. The number of Topliss-reactive ketones (excluding diaryl/α,β-unsaturated/α-hetero) is 1. The maximum absolute atomic E-state index is 11.5. The molecule has 0 atom stereocenters. The average Bonchev–Trinajstić information content (AvgIpc) is 2.15. The molecule has 0 aliphatic rings. The second-order valence-electron chi connectivity index (χ2n) is 3.62. The van der Waals surface area contributed by atoms with Crippen molar-refractivity contribution in [3.05, 3.63) is 23.8 Å². The van der Waals surface area contributed by atoms with Gasteiger partial charge in [0.1, 0.15) is 11.5 Å². The van der Waals surface area contributed by atoms with Crippen LogP contribution in [0.3, 0.4) is 0 Å². The maximum atomic E-state index is 11.5. The van der Waals surface area contributed by atoms with Gasteiger partial charge in [-0.05, 0) is 24.6 Å². The lowest BCUT2D eigenvalue weighted by atomic mass is 10.1. The van der Waals surface area contributed by atoms with Gasteiger partial charge in [0.2, 0.25) is 0 Å². The van der Waals surface area contributed by atoms with Gasteiger partial charge in [-0.15, -0.1) is 0 Å². The lowest BCUT2D eigenvalue weighted by Crippen LogP contribution is -2.06. The van der Waals surface area contributed by atoms with Crippen molar-refractivity contribution in [2.45, 2.75) is 18.2 Å². The van der Waals surface area contributed by atoms with Crippen molar-refractivity contribution in [2.24, 2.45) is 0 Å². The van der Waals surface area contributed by atoms with Crippen LogP contribution in [0.1, 0.15) is 12.5 Å². The molecule has 0 aliphatic heterocycles. The quantitative estimate of drug-likeness (QED) is 0.796. The normalized spacial score (nSPS) is 11.2. The van der Waals surface area contributed by atoms with E-state index in [0.717, 1.165) is 6.26 Å². The van der Waals surface area contributed by atoms with Crippen LogP contribution < -0.4 is 4.74 Å². The van der Waals surface area contributed by atoms with Crippen molar-refractivity contribution in [3.63, 3.8) is 0 Å². The Morgan fingerprint density at radius 2 is 2.00 bits per heavy atom. The van der Waals surface area contributed by atoms with Gasteiger partial charge in [0.25, 0.3) is 0 Å². The van der Waals surface area contributed by atoms with E-state index in [2.05, 4.69) is 0 Å². The van der Waals surface area contributed by atoms with E-state index in [1.54, 1.807) is 12.1 Å². The minimum atomic E-state index is -3.34. The fourth-order valence-electron chi connectivity index (χ4n) is 1.42. The van der Waals surface area contributed by atoms with Crippen LogP contribution in [0.5, 0.6) is 5.75 Å². The van der Waals surface area contributed by atoms with Crippen molar-refractivity contribution in [1.82, 2.24) is 0 Å². The molecule has 4 nitrogen and oxygen atoms in total. The van der Waals surface area contributed by atoms with Gasteiger partial charge in [-0.1, -0.05) is 6.07 Å². The SMILES string of the molecule is COc1ccc(CC(C)=O)c(S(C)(=O)=O)c1. The fraction of sp³-hybridized carbons (Fsp3) is 0.364. The Labute approximate surface area is 95.2 Å². The van der Waals surface area contributed by atoms with Gasteiger partial charge in [-0.3, -0.25) is 4.79 Å². The number of benzene rings is 1. The minimum Gasteiger partial charge on any atom is -0.497 e. The first kappa shape index (κ1) is 12.7. The van der Waals surface area contributed by atoms with Gasteiger partial charge < -0.3 is 4.74 Å². The predicted molar refractivity (Wildman–Crippen MR) is 60.5 cm³/mol. The Morgan fingerprint density at radius 3 is 2.44 bits per heavy atom. The summed E-state index contributed by atoms with van der Waals surface area (Å²) in [7, 11) is -1.88.